The zero-order valence-corrected chi connectivity index (χ0v) is 21.5. The van der Waals surface area contributed by atoms with Gasteiger partial charge >= 0.3 is 0 Å². The lowest BCUT2D eigenvalue weighted by atomic mass is 9.95. The summed E-state index contributed by atoms with van der Waals surface area (Å²) >= 11 is 0. The predicted molar refractivity (Wildman–Crippen MR) is 143 cm³/mol. The summed E-state index contributed by atoms with van der Waals surface area (Å²) < 4.78 is 16.2. The van der Waals surface area contributed by atoms with Crippen LogP contribution in [-0.2, 0) is 22.7 Å². The van der Waals surface area contributed by atoms with Crippen LogP contribution in [0.5, 0.6) is 0 Å². The lowest BCUT2D eigenvalue weighted by Gasteiger charge is -2.38. The quantitative estimate of drug-likeness (QED) is 0.517. The molecule has 0 aliphatic carbocycles. The number of nitrogens with one attached hydrogen (secondary N) is 2. The van der Waals surface area contributed by atoms with Gasteiger partial charge in [0.1, 0.15) is 17.5 Å². The van der Waals surface area contributed by atoms with Crippen LogP contribution in [0.2, 0.25) is 0 Å². The molecule has 0 bridgehead atoms. The van der Waals surface area contributed by atoms with Crippen molar-refractivity contribution >= 4 is 44.5 Å². The fourth-order valence-electron chi connectivity index (χ4n) is 4.37. The van der Waals surface area contributed by atoms with Gasteiger partial charge in [0.05, 0.1) is 6.20 Å². The second kappa shape index (κ2) is 9.72. The van der Waals surface area contributed by atoms with Crippen molar-refractivity contribution in [2.45, 2.75) is 19.4 Å². The molecule has 11 heteroatoms. The molecule has 0 spiro atoms. The van der Waals surface area contributed by atoms with E-state index in [-0.39, 0.29) is 5.56 Å². The maximum Gasteiger partial charge on any atom is 0.229 e. The molecule has 0 atom stereocenters. The molecule has 0 radical (unpaired) electrons. The lowest BCUT2D eigenvalue weighted by Crippen LogP contribution is -2.39. The first-order valence-corrected chi connectivity index (χ1v) is 14.2. The minimum absolute atomic E-state index is 0.285. The average molecular weight is 504 g/mol. The Balaban J connectivity index is 1.44. The zero-order chi connectivity index (χ0) is 25.3. The molecule has 4 heterocycles. The van der Waals surface area contributed by atoms with Gasteiger partial charge in [-0.05, 0) is 55.3 Å². The van der Waals surface area contributed by atoms with Crippen LogP contribution in [0, 0.1) is 11.3 Å². The summed E-state index contributed by atoms with van der Waals surface area (Å²) in [6, 6.07) is 11.6. The van der Waals surface area contributed by atoms with Gasteiger partial charge in [-0.2, -0.15) is 14.6 Å². The molecule has 1 saturated heterocycles. The van der Waals surface area contributed by atoms with Crippen LogP contribution in [-0.4, -0.2) is 63.3 Å². The third-order valence-electron chi connectivity index (χ3n) is 6.16. The molecule has 0 unspecified atom stereocenters. The van der Waals surface area contributed by atoms with E-state index >= 15 is 0 Å². The largest absolute Gasteiger partial charge is 0.371 e. The molecule has 2 aliphatic rings. The predicted octanol–water partition coefficient (Wildman–Crippen LogP) is 3.79. The van der Waals surface area contributed by atoms with E-state index in [2.05, 4.69) is 65.0 Å². The van der Waals surface area contributed by atoms with E-state index in [0.29, 0.717) is 23.4 Å². The number of fused-ring (bicyclic) bond motifs is 1. The average Bonchev–Trinajstić information content (AvgIpc) is 2.77. The van der Waals surface area contributed by atoms with Crippen molar-refractivity contribution in [3.63, 3.8) is 0 Å². The van der Waals surface area contributed by atoms with Crippen molar-refractivity contribution in [1.29, 1.82) is 5.26 Å². The van der Waals surface area contributed by atoms with Crippen molar-refractivity contribution in [2.24, 2.45) is 4.36 Å². The lowest BCUT2D eigenvalue weighted by molar-refractivity contribution is 0.313. The molecule has 10 nitrogen and oxygen atoms in total. The highest BCUT2D eigenvalue weighted by atomic mass is 32.2. The van der Waals surface area contributed by atoms with Gasteiger partial charge in [0.25, 0.3) is 0 Å². The molecule has 36 heavy (non-hydrogen) atoms. The highest BCUT2D eigenvalue weighted by molar-refractivity contribution is 7.92. The molecule has 1 fully saturated rings. The van der Waals surface area contributed by atoms with E-state index < -0.39 is 9.73 Å². The van der Waals surface area contributed by atoms with Gasteiger partial charge in [-0.1, -0.05) is 6.07 Å². The van der Waals surface area contributed by atoms with E-state index in [4.69, 9.17) is 0 Å². The van der Waals surface area contributed by atoms with Crippen molar-refractivity contribution in [3.05, 3.63) is 53.2 Å². The van der Waals surface area contributed by atoms with E-state index in [9.17, 15) is 9.47 Å². The Labute approximate surface area is 211 Å². The number of pyridine rings is 1. The molecule has 2 aromatic heterocycles. The van der Waals surface area contributed by atoms with Crippen LogP contribution in [0.3, 0.4) is 0 Å². The summed E-state index contributed by atoms with van der Waals surface area (Å²) in [5, 5.41) is 16.0. The van der Waals surface area contributed by atoms with Crippen molar-refractivity contribution < 1.29 is 4.21 Å². The van der Waals surface area contributed by atoms with Gasteiger partial charge in [0.2, 0.25) is 5.95 Å². The number of nitriles is 1. The minimum atomic E-state index is -2.35. The number of nitrogens with zero attached hydrogens (tertiary/aromatic N) is 7. The number of hydrogen-bond donors (Lipinski definition) is 2. The Morgan fingerprint density at radius 1 is 1.14 bits per heavy atom. The molecule has 1 aromatic carbocycles. The fraction of sp³-hybridized carbons (Fsp3) is 0.360. The Kier molecular flexibility index (Phi) is 6.47. The minimum Gasteiger partial charge on any atom is -0.371 e. The topological polar surface area (TPSA) is 122 Å². The molecule has 5 rings (SSSR count). The van der Waals surface area contributed by atoms with Crippen LogP contribution < -0.4 is 15.5 Å². The molecule has 0 amide bonds. The van der Waals surface area contributed by atoms with Gasteiger partial charge in [-0.25, -0.2) is 14.2 Å². The van der Waals surface area contributed by atoms with E-state index in [1.54, 1.807) is 30.7 Å². The molecule has 2 N–H and O–H groups in total. The Hall–Kier alpha value is -3.75. The van der Waals surface area contributed by atoms with E-state index in [0.717, 1.165) is 38.3 Å². The van der Waals surface area contributed by atoms with Crippen LogP contribution in [0.25, 0.3) is 0 Å². The first-order chi connectivity index (χ1) is 17.3. The Bertz CT molecular complexity index is 1460. The highest BCUT2D eigenvalue weighted by Gasteiger charge is 2.24. The zero-order valence-electron chi connectivity index (χ0n) is 20.7. The van der Waals surface area contributed by atoms with Gasteiger partial charge < -0.3 is 20.4 Å². The second-order valence-corrected chi connectivity index (χ2v) is 12.0. The Morgan fingerprint density at radius 2 is 1.97 bits per heavy atom. The van der Waals surface area contributed by atoms with Gasteiger partial charge in [-0.3, -0.25) is 0 Å². The van der Waals surface area contributed by atoms with Crippen molar-refractivity contribution in [2.75, 3.05) is 54.7 Å². The van der Waals surface area contributed by atoms with Crippen LogP contribution in [0.15, 0.2) is 40.9 Å². The maximum absolute atomic E-state index is 12.0. The molecule has 186 valence electrons. The summed E-state index contributed by atoms with van der Waals surface area (Å²) in [6.45, 7) is 4.12. The van der Waals surface area contributed by atoms with Crippen LogP contribution in [0.1, 0.15) is 23.1 Å². The fourth-order valence-corrected chi connectivity index (χ4v) is 4.92. The molecular weight excluding hydrogens is 474 g/mol. The monoisotopic (exact) mass is 503 g/mol. The third-order valence-corrected chi connectivity index (χ3v) is 6.79. The summed E-state index contributed by atoms with van der Waals surface area (Å²) in [5.41, 5.74) is 5.24. The molecule has 0 saturated carbocycles. The SMILES string of the molecule is CN1CCc2c(cc(Nc3ncc(C#N)c(Nc4cccc(N=S(C)(C)=O)n4)n3)cc2N2CCC2)C1. The number of hydrogen-bond acceptors (Lipinski definition) is 10. The first-order valence-electron chi connectivity index (χ1n) is 11.8. The normalized spacial score (nSPS) is 15.4. The number of likely N-dealkylation sites (N-methyl/N-ethyl adjacent to an activating group) is 1. The molecular formula is C25H29N9OS. The van der Waals surface area contributed by atoms with Crippen molar-refractivity contribution in [3.8, 4) is 6.07 Å². The summed E-state index contributed by atoms with van der Waals surface area (Å²) in [4.78, 5) is 18.1. The number of benzene rings is 1. The Morgan fingerprint density at radius 3 is 2.69 bits per heavy atom. The molecule has 3 aromatic rings. The van der Waals surface area contributed by atoms with Crippen LogP contribution >= 0.6 is 0 Å². The van der Waals surface area contributed by atoms with Gasteiger partial charge in [0, 0.05) is 59.8 Å². The molecule has 2 aliphatic heterocycles. The first kappa shape index (κ1) is 24.0. The summed E-state index contributed by atoms with van der Waals surface area (Å²) in [5.74, 6) is 1.49. The number of anilines is 5. The summed E-state index contributed by atoms with van der Waals surface area (Å²) in [6.07, 6.45) is 6.85. The third kappa shape index (κ3) is 5.40. The maximum atomic E-state index is 12.0. The van der Waals surface area contributed by atoms with Crippen molar-refractivity contribution in [1.82, 2.24) is 19.9 Å². The van der Waals surface area contributed by atoms with E-state index in [1.807, 2.05) is 0 Å². The number of aromatic nitrogens is 3. The van der Waals surface area contributed by atoms with E-state index in [1.165, 1.54) is 29.4 Å². The second-order valence-electron chi connectivity index (χ2n) is 9.43. The smallest absolute Gasteiger partial charge is 0.229 e. The van der Waals surface area contributed by atoms with Gasteiger partial charge in [0.15, 0.2) is 11.6 Å². The standard InChI is InChI=1S/C25H29N9OS/c1-33-11-8-20-17(16-33)12-19(13-21(20)34-9-5-10-34)28-25-27-15-18(14-26)24(31-25)30-22-6-4-7-23(29-22)32-36(2,3)35/h4,6-7,12-13,15H,5,8-11,16H2,1-3H3,(H2,27,28,29,30,31). The highest BCUT2D eigenvalue weighted by Crippen LogP contribution is 2.35. The van der Waals surface area contributed by atoms with Gasteiger partial charge in [-0.15, -0.1) is 0 Å². The van der Waals surface area contributed by atoms with Crippen LogP contribution in [0.4, 0.5) is 34.8 Å². The summed E-state index contributed by atoms with van der Waals surface area (Å²) in [7, 11) is -0.206. The number of rotatable bonds is 6.